The van der Waals surface area contributed by atoms with E-state index in [1.54, 1.807) is 0 Å². The first-order valence-corrected chi connectivity index (χ1v) is 19.7. The van der Waals surface area contributed by atoms with Crippen molar-refractivity contribution in [2.24, 2.45) is 20.5 Å². The summed E-state index contributed by atoms with van der Waals surface area (Å²) in [4.78, 5) is 7.71. The van der Waals surface area contributed by atoms with Crippen molar-refractivity contribution in [1.29, 1.82) is 0 Å². The van der Waals surface area contributed by atoms with E-state index in [-0.39, 0.29) is 0 Å². The smallest absolute Gasteiger partial charge is 0.157 e. The molecule has 0 aliphatic heterocycles. The maximum atomic E-state index is 12.2. The molecule has 0 saturated carbocycles. The van der Waals surface area contributed by atoms with Gasteiger partial charge in [0.05, 0.1) is 4.90 Å². The van der Waals surface area contributed by atoms with E-state index in [1.165, 1.54) is 12.1 Å². The minimum atomic E-state index is -5.68. The molecule has 4 aromatic rings. The molecular formula is C23H17AsN4O17S3. The average Bonchev–Trinajstić information content (AvgIpc) is 2.94. The van der Waals surface area contributed by atoms with E-state index in [2.05, 4.69) is 20.5 Å². The van der Waals surface area contributed by atoms with Crippen molar-refractivity contribution in [3.05, 3.63) is 54.1 Å². The summed E-state index contributed by atoms with van der Waals surface area (Å²) < 4.78 is 132. The Morgan fingerprint density at radius 1 is 0.646 bits per heavy atom. The number of nitrogens with zero attached hydrogens (tertiary/aromatic N) is 4. The Morgan fingerprint density at radius 3 is 1.56 bits per heavy atom. The maximum Gasteiger partial charge on any atom is 0.157 e. The number of phenols is 3. The number of carbonyl (C=O) groups is 1. The number of hydrogen-bond donors (Lipinski definition) is 9. The molecule has 254 valence electrons. The first-order chi connectivity index (χ1) is 21.9. The molecule has 0 amide bonds. The van der Waals surface area contributed by atoms with Gasteiger partial charge in [0.1, 0.15) is 5.56 Å². The Hall–Kier alpha value is -4.78. The summed E-state index contributed by atoms with van der Waals surface area (Å²) in [5.74, 6) is -5.99. The molecule has 0 saturated heterocycles. The van der Waals surface area contributed by atoms with Crippen LogP contribution in [0.25, 0.3) is 10.8 Å². The molecule has 0 radical (unpaired) electrons. The fourth-order valence-electron chi connectivity index (χ4n) is 4.03. The SMILES string of the molecule is O=C(O)c1cc(S(=O)(=O)O)cc(N=Nc2c(S(=O)(=O)O)cc3cc(S(=O)(=O)O)c(N=Nc4ccccc4[As](=O)(O)O)c(O)c3c2O)c1O. The van der Waals surface area contributed by atoms with Crippen LogP contribution in [0, 0.1) is 0 Å². The Morgan fingerprint density at radius 2 is 1.12 bits per heavy atom. The zero-order chi connectivity index (χ0) is 36.1. The molecule has 25 heteroatoms. The van der Waals surface area contributed by atoms with Crippen LogP contribution in [0.2, 0.25) is 0 Å². The zero-order valence-corrected chi connectivity index (χ0v) is 27.2. The quantitative estimate of drug-likeness (QED) is 0.0662. The van der Waals surface area contributed by atoms with Crippen LogP contribution in [-0.4, -0.2) is 87.7 Å². The molecule has 48 heavy (non-hydrogen) atoms. The van der Waals surface area contributed by atoms with Crippen molar-refractivity contribution in [3.63, 3.8) is 0 Å². The normalized spacial score (nSPS) is 13.1. The van der Waals surface area contributed by atoms with Gasteiger partial charge in [-0.3, -0.25) is 4.55 Å². The molecule has 21 nitrogen and oxygen atoms in total. The summed E-state index contributed by atoms with van der Waals surface area (Å²) in [7, 11) is -16.0. The molecule has 0 atom stereocenters. The Balaban J connectivity index is 2.08. The van der Waals surface area contributed by atoms with Gasteiger partial charge in [-0.05, 0) is 12.1 Å². The summed E-state index contributed by atoms with van der Waals surface area (Å²) >= 11 is -5.68. The number of hydrogen-bond acceptors (Lipinski definition) is 15. The van der Waals surface area contributed by atoms with Gasteiger partial charge >= 0.3 is 204 Å². The summed E-state index contributed by atoms with van der Waals surface area (Å²) in [6.45, 7) is 0. The predicted octanol–water partition coefficient (Wildman–Crippen LogP) is 1.79. The van der Waals surface area contributed by atoms with Crippen LogP contribution in [0.1, 0.15) is 10.4 Å². The second-order valence-electron chi connectivity index (χ2n) is 9.24. The summed E-state index contributed by atoms with van der Waals surface area (Å²) in [5.41, 5.74) is -5.15. The van der Waals surface area contributed by atoms with Crippen LogP contribution in [0.15, 0.2) is 83.7 Å². The largest absolute Gasteiger partial charge is 0.505 e. The van der Waals surface area contributed by atoms with Crippen LogP contribution in [0.5, 0.6) is 17.2 Å². The van der Waals surface area contributed by atoms with Crippen LogP contribution >= 0.6 is 0 Å². The standard InChI is InChI=1S/C23H17AsN4O17S3/c29-20-11(23(32)33)7-10(46(37,38)39)8-14(20)26-28-19-16(48(43,44)45)6-9-5-15(47(40,41)42)18(21(30)17(9)22(19)31)27-25-13-4-2-1-3-12(13)24(34,35)36/h1-8,29-31H,(H,32,33)(H2,34,35,36)(H,37,38,39)(H,40,41,42)(H,43,44,45). The molecule has 0 aliphatic rings. The van der Waals surface area contributed by atoms with E-state index in [1.807, 2.05) is 0 Å². The Kier molecular flexibility index (Phi) is 9.28. The van der Waals surface area contributed by atoms with E-state index >= 15 is 0 Å². The molecule has 0 fully saturated rings. The molecule has 9 N–H and O–H groups in total. The van der Waals surface area contributed by atoms with E-state index in [9.17, 15) is 76.1 Å². The average molecular weight is 793 g/mol. The van der Waals surface area contributed by atoms with Gasteiger partial charge in [-0.1, -0.05) is 0 Å². The summed E-state index contributed by atoms with van der Waals surface area (Å²) in [6.07, 6.45) is 0. The van der Waals surface area contributed by atoms with E-state index in [4.69, 9.17) is 0 Å². The second kappa shape index (κ2) is 12.3. The molecular weight excluding hydrogens is 775 g/mol. The van der Waals surface area contributed by atoms with Gasteiger partial charge in [-0.2, -0.15) is 8.42 Å². The van der Waals surface area contributed by atoms with Gasteiger partial charge < -0.3 is 10.2 Å². The van der Waals surface area contributed by atoms with Gasteiger partial charge in [0, 0.05) is 0 Å². The van der Waals surface area contributed by atoms with Crippen LogP contribution in [0.3, 0.4) is 0 Å². The molecule has 4 aromatic carbocycles. The van der Waals surface area contributed by atoms with Crippen molar-refractivity contribution in [1.82, 2.24) is 0 Å². The summed E-state index contributed by atoms with van der Waals surface area (Å²) in [5, 5.41) is 53.7. The third kappa shape index (κ3) is 7.20. The molecule has 4 rings (SSSR count). The topological polar surface area (TPSA) is 368 Å². The maximum absolute atomic E-state index is 12.2. The van der Waals surface area contributed by atoms with Crippen molar-refractivity contribution in [3.8, 4) is 17.2 Å². The van der Waals surface area contributed by atoms with Crippen LogP contribution in [0.4, 0.5) is 22.7 Å². The van der Waals surface area contributed by atoms with Gasteiger partial charge in [0.25, 0.3) is 10.1 Å². The molecule has 0 spiro atoms. The van der Waals surface area contributed by atoms with Crippen molar-refractivity contribution in [2.75, 3.05) is 0 Å². The summed E-state index contributed by atoms with van der Waals surface area (Å²) in [6, 6.07) is 6.09. The van der Waals surface area contributed by atoms with Crippen LogP contribution in [-0.2, 0) is 34.1 Å². The number of carboxylic acid groups (broad SMARTS) is 1. The fraction of sp³-hybridized carbons (Fsp3) is 0. The molecule has 0 unspecified atom stereocenters. The minimum absolute atomic E-state index is 0.337. The first-order valence-electron chi connectivity index (χ1n) is 12.0. The minimum Gasteiger partial charge on any atom is -0.505 e. The van der Waals surface area contributed by atoms with Crippen molar-refractivity contribution >= 4 is 88.4 Å². The predicted molar refractivity (Wildman–Crippen MR) is 157 cm³/mol. The molecule has 0 aliphatic carbocycles. The Labute approximate surface area is 270 Å². The van der Waals surface area contributed by atoms with E-state index in [0.717, 1.165) is 12.1 Å². The number of azo groups is 2. The zero-order valence-electron chi connectivity index (χ0n) is 22.9. The van der Waals surface area contributed by atoms with Crippen LogP contribution < -0.4 is 4.35 Å². The Bertz CT molecular complexity index is 2490. The van der Waals surface area contributed by atoms with Crippen molar-refractivity contribution < 1.29 is 76.1 Å². The van der Waals surface area contributed by atoms with Gasteiger partial charge in [0.2, 0.25) is 0 Å². The van der Waals surface area contributed by atoms with Crippen molar-refractivity contribution in [2.45, 2.75) is 14.7 Å². The fourth-order valence-corrected chi connectivity index (χ4v) is 7.34. The third-order valence-electron chi connectivity index (χ3n) is 6.11. The first kappa shape index (κ1) is 36.1. The molecule has 0 aromatic heterocycles. The van der Waals surface area contributed by atoms with E-state index in [0.29, 0.717) is 24.3 Å². The third-order valence-corrected chi connectivity index (χ3v) is 10.8. The molecule has 0 heterocycles. The second-order valence-corrected chi connectivity index (χ2v) is 16.7. The van der Waals surface area contributed by atoms with Gasteiger partial charge in [0.15, 0.2) is 5.75 Å². The number of phenolic OH excluding ortho intramolecular Hbond substituents is 2. The number of fused-ring (bicyclic) bond motifs is 1. The number of aromatic carboxylic acids is 1. The van der Waals surface area contributed by atoms with Gasteiger partial charge in [-0.25, -0.2) is 4.79 Å². The number of rotatable bonds is 9. The van der Waals surface area contributed by atoms with Gasteiger partial charge in [-0.15, -0.1) is 0 Å². The number of carboxylic acids is 1. The number of benzene rings is 4. The monoisotopic (exact) mass is 792 g/mol. The molecule has 0 bridgehead atoms. The number of aromatic hydroxyl groups is 3. The van der Waals surface area contributed by atoms with E-state index < -0.39 is 126 Å².